The molecule has 10 aromatic rings. The van der Waals surface area contributed by atoms with Crippen LogP contribution in [0.4, 0.5) is 0 Å². The molecule has 4 heteroatoms. The molecule has 8 aromatic carbocycles. The van der Waals surface area contributed by atoms with Crippen molar-refractivity contribution >= 4 is 21.8 Å². The van der Waals surface area contributed by atoms with E-state index in [1.165, 1.54) is 66.3 Å². The molecule has 0 aliphatic heterocycles. The van der Waals surface area contributed by atoms with Crippen molar-refractivity contribution < 1.29 is 0 Å². The fourth-order valence-electron chi connectivity index (χ4n) is 9.60. The summed E-state index contributed by atoms with van der Waals surface area (Å²) in [5, 5.41) is 2.49. The van der Waals surface area contributed by atoms with Crippen molar-refractivity contribution in [1.82, 2.24) is 19.5 Å². The van der Waals surface area contributed by atoms with Crippen LogP contribution in [0.3, 0.4) is 0 Å². The maximum Gasteiger partial charge on any atom is 0.164 e. The molecule has 0 bridgehead atoms. The fraction of sp³-hybridized carbons (Fsp3) is 0.0192. The van der Waals surface area contributed by atoms with E-state index in [2.05, 4.69) is 162 Å². The van der Waals surface area contributed by atoms with E-state index in [1.807, 2.05) is 36.4 Å². The van der Waals surface area contributed by atoms with Gasteiger partial charge in [0.15, 0.2) is 17.5 Å². The van der Waals surface area contributed by atoms with Crippen molar-refractivity contribution in [3.63, 3.8) is 0 Å². The molecule has 0 radical (unpaired) electrons. The number of aromatic nitrogens is 4. The highest BCUT2D eigenvalue weighted by atomic mass is 15.0. The first-order valence-electron chi connectivity index (χ1n) is 19.1. The molecule has 2 aliphatic carbocycles. The van der Waals surface area contributed by atoms with E-state index in [9.17, 15) is 0 Å². The van der Waals surface area contributed by atoms with Gasteiger partial charge in [-0.3, -0.25) is 0 Å². The second-order valence-electron chi connectivity index (χ2n) is 14.7. The van der Waals surface area contributed by atoms with E-state index in [0.29, 0.717) is 17.5 Å². The summed E-state index contributed by atoms with van der Waals surface area (Å²) in [7, 11) is 0. The molecule has 0 atom stereocenters. The van der Waals surface area contributed by atoms with Gasteiger partial charge in [-0.1, -0.05) is 170 Å². The second kappa shape index (κ2) is 11.8. The van der Waals surface area contributed by atoms with Crippen LogP contribution in [0.1, 0.15) is 22.3 Å². The zero-order valence-electron chi connectivity index (χ0n) is 30.3. The Morgan fingerprint density at radius 3 is 1.54 bits per heavy atom. The number of nitrogens with zero attached hydrogens (tertiary/aromatic N) is 4. The summed E-state index contributed by atoms with van der Waals surface area (Å²) in [5.74, 6) is 1.95. The van der Waals surface area contributed by atoms with Crippen LogP contribution in [0.2, 0.25) is 0 Å². The molecule has 2 aliphatic rings. The summed E-state index contributed by atoms with van der Waals surface area (Å²) in [5.41, 5.74) is 16.0. The number of fused-ring (bicyclic) bond motifs is 14. The van der Waals surface area contributed by atoms with Gasteiger partial charge in [-0.15, -0.1) is 0 Å². The van der Waals surface area contributed by atoms with Gasteiger partial charge in [0.1, 0.15) is 0 Å². The minimum absolute atomic E-state index is 0.558. The molecule has 2 aromatic heterocycles. The summed E-state index contributed by atoms with van der Waals surface area (Å²) in [6, 6.07) is 69.6. The average Bonchev–Trinajstić information content (AvgIpc) is 3.89. The largest absolute Gasteiger partial charge is 0.309 e. The van der Waals surface area contributed by atoms with Gasteiger partial charge in [-0.2, -0.15) is 0 Å². The van der Waals surface area contributed by atoms with Gasteiger partial charge in [0.2, 0.25) is 0 Å². The third-order valence-electron chi connectivity index (χ3n) is 11.9. The lowest BCUT2D eigenvalue weighted by Crippen LogP contribution is -2.26. The standard InChI is InChI=1S/C52H32N4/c1-4-16-33(17-5-1)49-53-50(34-18-6-2-7-19-34)55-51(54-49)35-28-29-41-45(32-35)52(42-25-13-10-22-37(42)38-23-11-14-26-43(38)52)44-31-30-40-39-24-12-15-27-46(39)56(48(40)47(41)44)36-20-8-3-9-21-36/h1-32H. The van der Waals surface area contributed by atoms with Crippen LogP contribution >= 0.6 is 0 Å². The first-order chi connectivity index (χ1) is 27.8. The minimum atomic E-state index is -0.558. The number of para-hydroxylation sites is 2. The van der Waals surface area contributed by atoms with Crippen LogP contribution in [0.25, 0.3) is 83.9 Å². The fourth-order valence-corrected chi connectivity index (χ4v) is 9.60. The number of rotatable bonds is 4. The van der Waals surface area contributed by atoms with Crippen molar-refractivity contribution in [3.05, 3.63) is 216 Å². The van der Waals surface area contributed by atoms with E-state index in [-0.39, 0.29) is 0 Å². The number of hydrogen-bond acceptors (Lipinski definition) is 3. The molecule has 1 spiro atoms. The third kappa shape index (κ3) is 4.21. The number of benzene rings is 8. The number of hydrogen-bond donors (Lipinski definition) is 0. The van der Waals surface area contributed by atoms with Crippen LogP contribution < -0.4 is 0 Å². The topological polar surface area (TPSA) is 43.6 Å². The van der Waals surface area contributed by atoms with Gasteiger partial charge in [-0.05, 0) is 63.2 Å². The Bertz CT molecular complexity index is 3080. The van der Waals surface area contributed by atoms with Crippen LogP contribution in [0.5, 0.6) is 0 Å². The van der Waals surface area contributed by atoms with Crippen LogP contribution in [-0.2, 0) is 5.41 Å². The Morgan fingerprint density at radius 1 is 0.357 bits per heavy atom. The van der Waals surface area contributed by atoms with E-state index in [4.69, 9.17) is 15.0 Å². The Morgan fingerprint density at radius 2 is 0.893 bits per heavy atom. The molecule has 0 fully saturated rings. The highest BCUT2D eigenvalue weighted by Gasteiger charge is 2.52. The zero-order valence-corrected chi connectivity index (χ0v) is 30.3. The highest BCUT2D eigenvalue weighted by molar-refractivity contribution is 6.16. The van der Waals surface area contributed by atoms with E-state index in [1.54, 1.807) is 0 Å². The molecule has 260 valence electrons. The molecule has 0 saturated heterocycles. The molecule has 0 saturated carbocycles. The van der Waals surface area contributed by atoms with Crippen molar-refractivity contribution in [1.29, 1.82) is 0 Å². The highest BCUT2D eigenvalue weighted by Crippen LogP contribution is 2.64. The summed E-state index contributed by atoms with van der Waals surface area (Å²) in [6.45, 7) is 0. The third-order valence-corrected chi connectivity index (χ3v) is 11.9. The Balaban J connectivity index is 1.21. The smallest absolute Gasteiger partial charge is 0.164 e. The summed E-state index contributed by atoms with van der Waals surface area (Å²) in [6.07, 6.45) is 0. The molecular formula is C52H32N4. The van der Waals surface area contributed by atoms with Gasteiger partial charge >= 0.3 is 0 Å². The van der Waals surface area contributed by atoms with Crippen molar-refractivity contribution in [2.75, 3.05) is 0 Å². The molecule has 0 amide bonds. The summed E-state index contributed by atoms with van der Waals surface area (Å²) in [4.78, 5) is 15.4. The molecule has 2 heterocycles. The zero-order chi connectivity index (χ0) is 36.8. The monoisotopic (exact) mass is 712 g/mol. The maximum absolute atomic E-state index is 5.18. The Labute approximate surface area is 324 Å². The predicted octanol–water partition coefficient (Wildman–Crippen LogP) is 12.3. The summed E-state index contributed by atoms with van der Waals surface area (Å²) >= 11 is 0. The normalized spacial score (nSPS) is 13.1. The lowest BCUT2D eigenvalue weighted by molar-refractivity contribution is 0.794. The van der Waals surface area contributed by atoms with Gasteiger partial charge < -0.3 is 4.57 Å². The minimum Gasteiger partial charge on any atom is -0.309 e. The summed E-state index contributed by atoms with van der Waals surface area (Å²) < 4.78 is 2.47. The van der Waals surface area contributed by atoms with Crippen LogP contribution in [0, 0.1) is 0 Å². The first kappa shape index (κ1) is 31.0. The molecule has 0 N–H and O–H groups in total. The van der Waals surface area contributed by atoms with Crippen molar-refractivity contribution in [3.8, 4) is 62.1 Å². The first-order valence-corrected chi connectivity index (χ1v) is 19.1. The predicted molar refractivity (Wildman–Crippen MR) is 227 cm³/mol. The van der Waals surface area contributed by atoms with E-state index in [0.717, 1.165) is 22.4 Å². The lowest BCUT2D eigenvalue weighted by atomic mass is 9.70. The van der Waals surface area contributed by atoms with Crippen molar-refractivity contribution in [2.45, 2.75) is 5.41 Å². The lowest BCUT2D eigenvalue weighted by Gasteiger charge is -2.30. The maximum atomic E-state index is 5.18. The van der Waals surface area contributed by atoms with Gasteiger partial charge in [0.25, 0.3) is 0 Å². The molecule has 4 nitrogen and oxygen atoms in total. The second-order valence-corrected chi connectivity index (χ2v) is 14.7. The van der Waals surface area contributed by atoms with Gasteiger partial charge in [0, 0.05) is 38.7 Å². The Kier molecular flexibility index (Phi) is 6.52. The van der Waals surface area contributed by atoms with Crippen LogP contribution in [-0.4, -0.2) is 19.5 Å². The SMILES string of the molecule is c1ccc(-c2nc(-c3ccccc3)nc(-c3ccc4c(c3)C3(c5ccccc5-c5ccccc53)c3ccc5c6ccccc6n(-c6ccccc6)c5c3-4)n2)cc1. The van der Waals surface area contributed by atoms with Crippen molar-refractivity contribution in [2.24, 2.45) is 0 Å². The molecule has 0 unspecified atom stereocenters. The van der Waals surface area contributed by atoms with Crippen LogP contribution in [0.15, 0.2) is 194 Å². The average molecular weight is 713 g/mol. The van der Waals surface area contributed by atoms with Gasteiger partial charge in [-0.25, -0.2) is 15.0 Å². The molecular weight excluding hydrogens is 681 g/mol. The quantitative estimate of drug-likeness (QED) is 0.182. The van der Waals surface area contributed by atoms with E-state index >= 15 is 0 Å². The molecule has 56 heavy (non-hydrogen) atoms. The van der Waals surface area contributed by atoms with E-state index < -0.39 is 5.41 Å². The molecule has 12 rings (SSSR count). The van der Waals surface area contributed by atoms with Gasteiger partial charge in [0.05, 0.1) is 16.4 Å². The Hall–Kier alpha value is -7.43.